The Morgan fingerprint density at radius 3 is 2.94 bits per heavy atom. The molecule has 0 saturated carbocycles. The molecule has 2 heterocycles. The van der Waals surface area contributed by atoms with E-state index in [2.05, 4.69) is 9.97 Å². The fourth-order valence-electron chi connectivity index (χ4n) is 1.64. The quantitative estimate of drug-likeness (QED) is 0.798. The Labute approximate surface area is 93.2 Å². The Kier molecular flexibility index (Phi) is 2.72. The largest absolute Gasteiger partial charge is 0.394 e. The van der Waals surface area contributed by atoms with E-state index in [1.165, 1.54) is 0 Å². The third-order valence-corrected chi connectivity index (χ3v) is 2.48. The summed E-state index contributed by atoms with van der Waals surface area (Å²) in [5.41, 5.74) is 8.40. The third-order valence-electron chi connectivity index (χ3n) is 2.48. The molecule has 2 aromatic rings. The Balaban J connectivity index is 2.65. The molecule has 0 spiro atoms. The van der Waals surface area contributed by atoms with Crippen molar-refractivity contribution in [2.75, 3.05) is 5.73 Å². The average Bonchev–Trinajstić information content (AvgIpc) is 2.33. The van der Waals surface area contributed by atoms with Crippen molar-refractivity contribution in [1.82, 2.24) is 9.97 Å². The first-order chi connectivity index (χ1) is 7.72. The molecule has 16 heavy (non-hydrogen) atoms. The van der Waals surface area contributed by atoms with Crippen LogP contribution in [-0.2, 0) is 6.42 Å². The highest BCUT2D eigenvalue weighted by molar-refractivity contribution is 5.68. The number of rotatable bonds is 2. The van der Waals surface area contributed by atoms with Gasteiger partial charge in [-0.1, -0.05) is 13.0 Å². The van der Waals surface area contributed by atoms with Gasteiger partial charge in [-0.15, -0.1) is 0 Å². The van der Waals surface area contributed by atoms with Crippen LogP contribution in [0.1, 0.15) is 12.6 Å². The number of hydrogen-bond donors (Lipinski definition) is 2. The monoisotopic (exact) mass is 215 g/mol. The third kappa shape index (κ3) is 1.82. The van der Waals surface area contributed by atoms with Crippen molar-refractivity contribution in [1.29, 1.82) is 0 Å². The summed E-state index contributed by atoms with van der Waals surface area (Å²) in [7, 11) is 0. The van der Waals surface area contributed by atoms with E-state index in [4.69, 9.17) is 5.73 Å². The SMILES string of the molecule is CCc1[nH]c(=O)c(N)cc1-c1cccnc1. The van der Waals surface area contributed by atoms with Gasteiger partial charge in [0.25, 0.3) is 5.56 Å². The van der Waals surface area contributed by atoms with E-state index in [1.807, 2.05) is 19.1 Å². The molecule has 0 radical (unpaired) electrons. The predicted molar refractivity (Wildman–Crippen MR) is 64.1 cm³/mol. The molecular formula is C12H13N3O. The zero-order chi connectivity index (χ0) is 11.5. The van der Waals surface area contributed by atoms with Crippen LogP contribution in [0, 0.1) is 0 Å². The van der Waals surface area contributed by atoms with Crippen LogP contribution < -0.4 is 11.3 Å². The molecule has 0 bridgehead atoms. The van der Waals surface area contributed by atoms with Crippen LogP contribution in [-0.4, -0.2) is 9.97 Å². The van der Waals surface area contributed by atoms with Crippen molar-refractivity contribution < 1.29 is 0 Å². The lowest BCUT2D eigenvalue weighted by molar-refractivity contribution is 1.02. The number of nitrogens with zero attached hydrogens (tertiary/aromatic N) is 1. The van der Waals surface area contributed by atoms with Crippen LogP contribution in [0.3, 0.4) is 0 Å². The average molecular weight is 215 g/mol. The van der Waals surface area contributed by atoms with Crippen LogP contribution in [0.25, 0.3) is 11.1 Å². The number of nitrogens with one attached hydrogen (secondary N) is 1. The number of H-pyrrole nitrogens is 1. The Hall–Kier alpha value is -2.10. The summed E-state index contributed by atoms with van der Waals surface area (Å²) in [6.45, 7) is 1.99. The van der Waals surface area contributed by atoms with Crippen molar-refractivity contribution in [3.05, 3.63) is 46.6 Å². The standard InChI is InChI=1S/C12H13N3O/c1-2-11-9(6-10(13)12(16)15-11)8-4-3-5-14-7-8/h3-7H,2,13H2,1H3,(H,15,16). The Morgan fingerprint density at radius 1 is 1.50 bits per heavy atom. The van der Waals surface area contributed by atoms with Crippen molar-refractivity contribution in [2.45, 2.75) is 13.3 Å². The lowest BCUT2D eigenvalue weighted by atomic mass is 10.0. The second kappa shape index (κ2) is 4.18. The van der Waals surface area contributed by atoms with Crippen LogP contribution in [0.5, 0.6) is 0 Å². The topological polar surface area (TPSA) is 71.8 Å². The van der Waals surface area contributed by atoms with E-state index in [0.29, 0.717) is 0 Å². The number of aromatic amines is 1. The first-order valence-electron chi connectivity index (χ1n) is 5.14. The van der Waals surface area contributed by atoms with Gasteiger partial charge in [-0.3, -0.25) is 9.78 Å². The first kappa shape index (κ1) is 10.4. The second-order valence-electron chi connectivity index (χ2n) is 3.54. The highest BCUT2D eigenvalue weighted by atomic mass is 16.1. The maximum atomic E-state index is 11.4. The van der Waals surface area contributed by atoms with Crippen LogP contribution in [0.15, 0.2) is 35.4 Å². The summed E-state index contributed by atoms with van der Waals surface area (Å²) < 4.78 is 0. The second-order valence-corrected chi connectivity index (χ2v) is 3.54. The van der Waals surface area contributed by atoms with Gasteiger partial charge in [-0.2, -0.15) is 0 Å². The fourth-order valence-corrected chi connectivity index (χ4v) is 1.64. The number of aryl methyl sites for hydroxylation is 1. The van der Waals surface area contributed by atoms with Crippen molar-refractivity contribution in [2.24, 2.45) is 0 Å². The molecule has 0 aliphatic carbocycles. The van der Waals surface area contributed by atoms with Gasteiger partial charge in [0, 0.05) is 29.2 Å². The predicted octanol–water partition coefficient (Wildman–Crippen LogP) is 1.58. The molecule has 0 aromatic carbocycles. The van der Waals surface area contributed by atoms with E-state index in [0.717, 1.165) is 23.2 Å². The Morgan fingerprint density at radius 2 is 2.31 bits per heavy atom. The van der Waals surface area contributed by atoms with E-state index in [-0.39, 0.29) is 11.2 Å². The molecule has 0 aliphatic rings. The van der Waals surface area contributed by atoms with Crippen LogP contribution >= 0.6 is 0 Å². The van der Waals surface area contributed by atoms with Gasteiger partial charge < -0.3 is 10.7 Å². The highest BCUT2D eigenvalue weighted by Crippen LogP contribution is 2.22. The molecule has 0 aliphatic heterocycles. The summed E-state index contributed by atoms with van der Waals surface area (Å²) in [6.07, 6.45) is 4.22. The number of hydrogen-bond acceptors (Lipinski definition) is 3. The molecule has 4 heteroatoms. The van der Waals surface area contributed by atoms with Crippen molar-refractivity contribution in [3.8, 4) is 11.1 Å². The summed E-state index contributed by atoms with van der Waals surface area (Å²) in [5, 5.41) is 0. The molecular weight excluding hydrogens is 202 g/mol. The molecule has 82 valence electrons. The molecule has 3 N–H and O–H groups in total. The molecule has 2 rings (SSSR count). The molecule has 0 fully saturated rings. The molecule has 2 aromatic heterocycles. The molecule has 0 saturated heterocycles. The van der Waals surface area contributed by atoms with E-state index < -0.39 is 0 Å². The smallest absolute Gasteiger partial charge is 0.271 e. The molecule has 0 atom stereocenters. The summed E-state index contributed by atoms with van der Waals surface area (Å²) in [6, 6.07) is 5.50. The van der Waals surface area contributed by atoms with Crippen LogP contribution in [0.2, 0.25) is 0 Å². The highest BCUT2D eigenvalue weighted by Gasteiger charge is 2.07. The van der Waals surface area contributed by atoms with E-state index in [9.17, 15) is 4.79 Å². The Bertz CT molecular complexity index is 546. The number of aromatic nitrogens is 2. The lowest BCUT2D eigenvalue weighted by Crippen LogP contribution is -2.14. The van der Waals surface area contributed by atoms with Crippen LogP contribution in [0.4, 0.5) is 5.69 Å². The summed E-state index contributed by atoms with van der Waals surface area (Å²) >= 11 is 0. The fraction of sp³-hybridized carbons (Fsp3) is 0.167. The van der Waals surface area contributed by atoms with Gasteiger partial charge in [0.15, 0.2) is 0 Å². The number of pyridine rings is 2. The van der Waals surface area contributed by atoms with Gasteiger partial charge in [0.1, 0.15) is 0 Å². The first-order valence-corrected chi connectivity index (χ1v) is 5.14. The van der Waals surface area contributed by atoms with E-state index >= 15 is 0 Å². The van der Waals surface area contributed by atoms with Gasteiger partial charge >= 0.3 is 0 Å². The zero-order valence-corrected chi connectivity index (χ0v) is 9.03. The van der Waals surface area contributed by atoms with Crippen molar-refractivity contribution >= 4 is 5.69 Å². The molecule has 4 nitrogen and oxygen atoms in total. The molecule has 0 amide bonds. The number of anilines is 1. The normalized spacial score (nSPS) is 10.3. The zero-order valence-electron chi connectivity index (χ0n) is 9.03. The maximum Gasteiger partial charge on any atom is 0.271 e. The minimum absolute atomic E-state index is 0.232. The van der Waals surface area contributed by atoms with Gasteiger partial charge in [-0.05, 0) is 18.6 Å². The minimum atomic E-state index is -0.232. The summed E-state index contributed by atoms with van der Waals surface area (Å²) in [4.78, 5) is 18.2. The van der Waals surface area contributed by atoms with Gasteiger partial charge in [-0.25, -0.2) is 0 Å². The lowest BCUT2D eigenvalue weighted by Gasteiger charge is -2.08. The summed E-state index contributed by atoms with van der Waals surface area (Å²) in [5.74, 6) is 0. The van der Waals surface area contributed by atoms with Crippen molar-refractivity contribution in [3.63, 3.8) is 0 Å². The van der Waals surface area contributed by atoms with Gasteiger partial charge in [0.2, 0.25) is 0 Å². The number of nitrogen functional groups attached to an aromatic ring is 1. The maximum absolute atomic E-state index is 11.4. The molecule has 0 unspecified atom stereocenters. The minimum Gasteiger partial charge on any atom is -0.394 e. The van der Waals surface area contributed by atoms with E-state index in [1.54, 1.807) is 18.5 Å². The van der Waals surface area contributed by atoms with Gasteiger partial charge in [0.05, 0.1) is 5.69 Å². The number of nitrogens with two attached hydrogens (primary N) is 1.